The van der Waals surface area contributed by atoms with E-state index in [9.17, 15) is 4.79 Å². The molecule has 1 fully saturated rings. The van der Waals surface area contributed by atoms with Crippen LogP contribution in [0.1, 0.15) is 29.3 Å². The number of aliphatic imine (C=N–C) groups is 1. The molecule has 0 radical (unpaired) electrons. The van der Waals surface area contributed by atoms with Crippen LogP contribution in [0.2, 0.25) is 0 Å². The molecule has 1 saturated heterocycles. The maximum atomic E-state index is 11.6. The first-order chi connectivity index (χ1) is 12.7. The molecule has 7 nitrogen and oxygen atoms in total. The molecule has 0 spiro atoms. The van der Waals surface area contributed by atoms with E-state index in [0.717, 1.165) is 63.9 Å². The number of hydrogen-bond donors (Lipinski definition) is 3. The number of nitrogens with one attached hydrogen (secondary N) is 3. The summed E-state index contributed by atoms with van der Waals surface area (Å²) < 4.78 is 5.37. The summed E-state index contributed by atoms with van der Waals surface area (Å²) in [6.45, 7) is 9.17. The largest absolute Gasteiger partial charge is 0.379 e. The molecule has 2 rings (SSSR count). The molecule has 0 saturated carbocycles. The van der Waals surface area contributed by atoms with Crippen LogP contribution in [0.25, 0.3) is 0 Å². The molecule has 0 bridgehead atoms. The second-order valence-electron chi connectivity index (χ2n) is 6.21. The molecule has 1 amide bonds. The van der Waals surface area contributed by atoms with Crippen LogP contribution in [0.15, 0.2) is 29.3 Å². The molecule has 144 valence electrons. The van der Waals surface area contributed by atoms with Crippen LogP contribution in [-0.4, -0.2) is 69.8 Å². The molecule has 1 aromatic carbocycles. The lowest BCUT2D eigenvalue weighted by molar-refractivity contribution is 0.0376. The Morgan fingerprint density at radius 1 is 1.19 bits per heavy atom. The highest BCUT2D eigenvalue weighted by Crippen LogP contribution is 2.05. The Kier molecular flexibility index (Phi) is 8.92. The molecule has 26 heavy (non-hydrogen) atoms. The van der Waals surface area contributed by atoms with E-state index in [1.54, 1.807) is 7.05 Å². The normalized spacial score (nSPS) is 15.5. The minimum absolute atomic E-state index is 0.0738. The van der Waals surface area contributed by atoms with Crippen molar-refractivity contribution >= 4 is 11.9 Å². The van der Waals surface area contributed by atoms with Gasteiger partial charge in [0.15, 0.2) is 5.96 Å². The van der Waals surface area contributed by atoms with Crippen molar-refractivity contribution in [1.82, 2.24) is 20.9 Å². The predicted molar refractivity (Wildman–Crippen MR) is 105 cm³/mol. The molecular weight excluding hydrogens is 330 g/mol. The van der Waals surface area contributed by atoms with Crippen molar-refractivity contribution in [3.8, 4) is 0 Å². The minimum Gasteiger partial charge on any atom is -0.379 e. The molecular formula is C19H31N5O2. The van der Waals surface area contributed by atoms with Crippen LogP contribution < -0.4 is 16.0 Å². The zero-order valence-electron chi connectivity index (χ0n) is 15.9. The Labute approximate surface area is 156 Å². The van der Waals surface area contributed by atoms with Gasteiger partial charge in [-0.25, -0.2) is 4.99 Å². The summed E-state index contributed by atoms with van der Waals surface area (Å²) in [5.41, 5.74) is 1.73. The summed E-state index contributed by atoms with van der Waals surface area (Å²) in [5, 5.41) is 9.28. The molecule has 0 aliphatic carbocycles. The van der Waals surface area contributed by atoms with Gasteiger partial charge < -0.3 is 20.7 Å². The summed E-state index contributed by atoms with van der Waals surface area (Å²) in [5.74, 6) is 0.750. The van der Waals surface area contributed by atoms with E-state index in [0.29, 0.717) is 12.1 Å². The smallest absolute Gasteiger partial charge is 0.251 e. The average molecular weight is 361 g/mol. The first-order valence-electron chi connectivity index (χ1n) is 9.36. The highest BCUT2D eigenvalue weighted by atomic mass is 16.5. The zero-order chi connectivity index (χ0) is 18.6. The lowest BCUT2D eigenvalue weighted by atomic mass is 10.1. The Morgan fingerprint density at radius 3 is 2.58 bits per heavy atom. The van der Waals surface area contributed by atoms with Gasteiger partial charge in [-0.1, -0.05) is 12.1 Å². The summed E-state index contributed by atoms with van der Waals surface area (Å²) in [6, 6.07) is 7.53. The van der Waals surface area contributed by atoms with Gasteiger partial charge in [0.1, 0.15) is 0 Å². The second-order valence-corrected chi connectivity index (χ2v) is 6.21. The van der Waals surface area contributed by atoms with Gasteiger partial charge in [0.05, 0.1) is 19.8 Å². The van der Waals surface area contributed by atoms with Crippen molar-refractivity contribution < 1.29 is 9.53 Å². The van der Waals surface area contributed by atoms with Crippen LogP contribution in [0.4, 0.5) is 0 Å². The van der Waals surface area contributed by atoms with Gasteiger partial charge in [0, 0.05) is 38.8 Å². The van der Waals surface area contributed by atoms with Gasteiger partial charge in [0.25, 0.3) is 5.91 Å². The van der Waals surface area contributed by atoms with Gasteiger partial charge in [-0.05, 0) is 37.6 Å². The number of ether oxygens (including phenoxy) is 1. The summed E-state index contributed by atoms with van der Waals surface area (Å²) >= 11 is 0. The minimum atomic E-state index is -0.0738. The fourth-order valence-electron chi connectivity index (χ4n) is 2.75. The Morgan fingerprint density at radius 2 is 1.92 bits per heavy atom. The van der Waals surface area contributed by atoms with Gasteiger partial charge in [0.2, 0.25) is 0 Å². The highest BCUT2D eigenvalue weighted by molar-refractivity contribution is 5.93. The van der Waals surface area contributed by atoms with E-state index in [1.165, 1.54) is 0 Å². The number of guanidine groups is 1. The molecule has 0 atom stereocenters. The fourth-order valence-corrected chi connectivity index (χ4v) is 2.75. The third kappa shape index (κ3) is 7.01. The fraction of sp³-hybridized carbons (Fsp3) is 0.579. The first-order valence-corrected chi connectivity index (χ1v) is 9.36. The lowest BCUT2D eigenvalue weighted by Crippen LogP contribution is -2.40. The second kappa shape index (κ2) is 11.5. The van der Waals surface area contributed by atoms with E-state index in [4.69, 9.17) is 4.74 Å². The van der Waals surface area contributed by atoms with Crippen LogP contribution in [0.3, 0.4) is 0 Å². The maximum absolute atomic E-state index is 11.6. The van der Waals surface area contributed by atoms with Gasteiger partial charge in [-0.15, -0.1) is 0 Å². The standard InChI is InChI=1S/C19H31N5O2/c1-3-21-19(22-9-4-10-24-11-13-26-14-12-24)23-15-16-5-7-17(8-6-16)18(25)20-2/h5-8H,3-4,9-15H2,1-2H3,(H,20,25)(H2,21,22,23). The molecule has 3 N–H and O–H groups in total. The summed E-state index contributed by atoms with van der Waals surface area (Å²) in [6.07, 6.45) is 1.07. The molecule has 7 heteroatoms. The zero-order valence-corrected chi connectivity index (χ0v) is 15.9. The number of morpholine rings is 1. The molecule has 1 aliphatic heterocycles. The van der Waals surface area contributed by atoms with E-state index in [-0.39, 0.29) is 5.91 Å². The Bertz CT molecular complexity index is 568. The maximum Gasteiger partial charge on any atom is 0.251 e. The molecule has 0 aromatic heterocycles. The van der Waals surface area contributed by atoms with E-state index >= 15 is 0 Å². The van der Waals surface area contributed by atoms with Crippen molar-refractivity contribution in [3.05, 3.63) is 35.4 Å². The summed E-state index contributed by atoms with van der Waals surface area (Å²) in [7, 11) is 1.63. The van der Waals surface area contributed by atoms with Crippen LogP contribution in [0, 0.1) is 0 Å². The molecule has 1 aromatic rings. The van der Waals surface area contributed by atoms with Crippen molar-refractivity contribution in [2.75, 3.05) is 53.0 Å². The van der Waals surface area contributed by atoms with Crippen molar-refractivity contribution in [2.45, 2.75) is 19.9 Å². The highest BCUT2D eigenvalue weighted by Gasteiger charge is 2.09. The van der Waals surface area contributed by atoms with Crippen LogP contribution in [0.5, 0.6) is 0 Å². The van der Waals surface area contributed by atoms with E-state index in [2.05, 4.69) is 32.8 Å². The number of carbonyl (C=O) groups excluding carboxylic acids is 1. The number of carbonyl (C=O) groups is 1. The van der Waals surface area contributed by atoms with E-state index < -0.39 is 0 Å². The monoisotopic (exact) mass is 361 g/mol. The summed E-state index contributed by atoms with van der Waals surface area (Å²) in [4.78, 5) is 18.6. The van der Waals surface area contributed by atoms with Crippen LogP contribution >= 0.6 is 0 Å². The van der Waals surface area contributed by atoms with Gasteiger partial charge in [-0.3, -0.25) is 9.69 Å². The SMILES string of the molecule is CCNC(=NCc1ccc(C(=O)NC)cc1)NCCCN1CCOCC1. The number of hydrogen-bond acceptors (Lipinski definition) is 4. The topological polar surface area (TPSA) is 78.0 Å². The van der Waals surface area contributed by atoms with Crippen LogP contribution in [-0.2, 0) is 11.3 Å². The van der Waals surface area contributed by atoms with Gasteiger partial charge >= 0.3 is 0 Å². The Balaban J connectivity index is 1.77. The molecule has 1 aliphatic rings. The van der Waals surface area contributed by atoms with Crippen molar-refractivity contribution in [3.63, 3.8) is 0 Å². The third-order valence-corrected chi connectivity index (χ3v) is 4.25. The quantitative estimate of drug-likeness (QED) is 0.363. The average Bonchev–Trinajstić information content (AvgIpc) is 2.70. The third-order valence-electron chi connectivity index (χ3n) is 4.25. The van der Waals surface area contributed by atoms with Gasteiger partial charge in [-0.2, -0.15) is 0 Å². The Hall–Kier alpha value is -2.12. The molecule has 0 unspecified atom stereocenters. The molecule has 1 heterocycles. The van der Waals surface area contributed by atoms with Crippen molar-refractivity contribution in [1.29, 1.82) is 0 Å². The lowest BCUT2D eigenvalue weighted by Gasteiger charge is -2.26. The number of nitrogens with zero attached hydrogens (tertiary/aromatic N) is 2. The predicted octanol–water partition coefficient (Wildman–Crippen LogP) is 0.824. The first kappa shape index (κ1) is 20.2. The van der Waals surface area contributed by atoms with Crippen molar-refractivity contribution in [2.24, 2.45) is 4.99 Å². The number of amides is 1. The van der Waals surface area contributed by atoms with E-state index in [1.807, 2.05) is 24.3 Å². The number of rotatable bonds is 8. The number of benzene rings is 1.